The molecule has 4 nitrogen and oxygen atoms in total. The Morgan fingerprint density at radius 1 is 1.50 bits per heavy atom. The Hall–Kier alpha value is -0.610. The number of hydrogen-bond donors (Lipinski definition) is 1. The van der Waals surface area contributed by atoms with Crippen LogP contribution in [0.4, 0.5) is 0 Å². The lowest BCUT2D eigenvalue weighted by molar-refractivity contribution is -0.146. The van der Waals surface area contributed by atoms with Crippen molar-refractivity contribution in [3.05, 3.63) is 0 Å². The van der Waals surface area contributed by atoms with Gasteiger partial charge in [-0.15, -0.1) is 0 Å². The fourth-order valence-electron chi connectivity index (χ4n) is 2.41. The van der Waals surface area contributed by atoms with E-state index in [0.29, 0.717) is 12.6 Å². The summed E-state index contributed by atoms with van der Waals surface area (Å²) in [5, 5.41) is 3.40. The molecule has 0 saturated heterocycles. The van der Waals surface area contributed by atoms with E-state index in [2.05, 4.69) is 24.2 Å². The Bertz CT molecular complexity index is 292. The molecule has 0 heterocycles. The van der Waals surface area contributed by atoms with Gasteiger partial charge in [0.25, 0.3) is 0 Å². The zero-order valence-electron chi connectivity index (χ0n) is 11.8. The van der Waals surface area contributed by atoms with E-state index >= 15 is 0 Å². The lowest BCUT2D eigenvalue weighted by Gasteiger charge is -2.23. The number of nitrogens with zero attached hydrogens (tertiary/aromatic N) is 1. The molecule has 4 heteroatoms. The maximum Gasteiger partial charge on any atom is 0.324 e. The van der Waals surface area contributed by atoms with Crippen LogP contribution in [-0.4, -0.2) is 49.7 Å². The number of carbonyl (C=O) groups is 1. The lowest BCUT2D eigenvalue weighted by atomic mass is 10.2. The summed E-state index contributed by atoms with van der Waals surface area (Å²) < 4.78 is 5.15. The average molecular weight is 254 g/mol. The monoisotopic (exact) mass is 254 g/mol. The van der Waals surface area contributed by atoms with Crippen LogP contribution < -0.4 is 5.32 Å². The average Bonchev–Trinajstić information content (AvgIpc) is 3.19. The van der Waals surface area contributed by atoms with Gasteiger partial charge in [0.15, 0.2) is 0 Å². The van der Waals surface area contributed by atoms with Crippen molar-refractivity contribution in [2.75, 3.05) is 26.7 Å². The van der Waals surface area contributed by atoms with Crippen LogP contribution in [0.3, 0.4) is 0 Å². The van der Waals surface area contributed by atoms with Crippen LogP contribution in [0.15, 0.2) is 0 Å². The van der Waals surface area contributed by atoms with E-state index in [1.165, 1.54) is 19.3 Å². The van der Waals surface area contributed by atoms with Gasteiger partial charge >= 0.3 is 5.97 Å². The van der Waals surface area contributed by atoms with Gasteiger partial charge in [-0.05, 0) is 45.1 Å². The standard InChI is InChI=1S/C14H26N2O2/c1-4-18-14(17)13(15-12-5-6-12)9-16(3)8-11-7-10(11)2/h10-13,15H,4-9H2,1-3H3. The van der Waals surface area contributed by atoms with Crippen LogP contribution in [0.1, 0.15) is 33.1 Å². The summed E-state index contributed by atoms with van der Waals surface area (Å²) in [4.78, 5) is 14.2. The number of hydrogen-bond acceptors (Lipinski definition) is 4. The van der Waals surface area contributed by atoms with Crippen molar-refractivity contribution in [1.82, 2.24) is 10.2 Å². The topological polar surface area (TPSA) is 41.6 Å². The molecule has 0 aromatic rings. The molecule has 2 aliphatic carbocycles. The number of ether oxygens (including phenoxy) is 1. The Labute approximate surface area is 110 Å². The molecule has 2 aliphatic rings. The maximum absolute atomic E-state index is 11.9. The van der Waals surface area contributed by atoms with Crippen molar-refractivity contribution in [1.29, 1.82) is 0 Å². The van der Waals surface area contributed by atoms with Crippen molar-refractivity contribution in [3.63, 3.8) is 0 Å². The summed E-state index contributed by atoms with van der Waals surface area (Å²) in [7, 11) is 2.10. The van der Waals surface area contributed by atoms with Crippen LogP contribution in [-0.2, 0) is 9.53 Å². The lowest BCUT2D eigenvalue weighted by Crippen LogP contribution is -2.47. The van der Waals surface area contributed by atoms with E-state index in [0.717, 1.165) is 24.9 Å². The van der Waals surface area contributed by atoms with Crippen LogP contribution in [0, 0.1) is 11.8 Å². The summed E-state index contributed by atoms with van der Waals surface area (Å²) in [6.07, 6.45) is 3.73. The molecule has 0 bridgehead atoms. The molecule has 2 saturated carbocycles. The first-order chi connectivity index (χ1) is 8.60. The van der Waals surface area contributed by atoms with Crippen molar-refractivity contribution >= 4 is 5.97 Å². The predicted molar refractivity (Wildman–Crippen MR) is 71.3 cm³/mol. The van der Waals surface area contributed by atoms with Gasteiger partial charge < -0.3 is 15.0 Å². The molecule has 0 radical (unpaired) electrons. The number of likely N-dealkylation sites (N-methyl/N-ethyl adjacent to an activating group) is 1. The first-order valence-corrected chi connectivity index (χ1v) is 7.21. The third-order valence-electron chi connectivity index (χ3n) is 3.90. The SMILES string of the molecule is CCOC(=O)C(CN(C)CC1CC1C)NC1CC1. The minimum atomic E-state index is -0.156. The molecular formula is C14H26N2O2. The summed E-state index contributed by atoms with van der Waals surface area (Å²) in [5.74, 6) is 1.60. The molecule has 0 amide bonds. The molecule has 104 valence electrons. The molecule has 3 atom stereocenters. The van der Waals surface area contributed by atoms with Crippen molar-refractivity contribution in [2.24, 2.45) is 11.8 Å². The Kier molecular flexibility index (Phi) is 4.62. The van der Waals surface area contributed by atoms with Gasteiger partial charge in [0.2, 0.25) is 0 Å². The second-order valence-corrected chi connectivity index (χ2v) is 5.94. The van der Waals surface area contributed by atoms with Gasteiger partial charge in [0.1, 0.15) is 6.04 Å². The number of carbonyl (C=O) groups excluding carboxylic acids is 1. The van der Waals surface area contributed by atoms with Crippen LogP contribution in [0.5, 0.6) is 0 Å². The smallest absolute Gasteiger partial charge is 0.324 e. The van der Waals surface area contributed by atoms with E-state index in [9.17, 15) is 4.79 Å². The Morgan fingerprint density at radius 2 is 2.17 bits per heavy atom. The minimum absolute atomic E-state index is 0.0971. The first kappa shape index (κ1) is 13.8. The van der Waals surface area contributed by atoms with Gasteiger partial charge in [-0.25, -0.2) is 0 Å². The number of nitrogens with one attached hydrogen (secondary N) is 1. The molecule has 0 aromatic carbocycles. The highest BCUT2D eigenvalue weighted by molar-refractivity contribution is 5.76. The molecule has 18 heavy (non-hydrogen) atoms. The fraction of sp³-hybridized carbons (Fsp3) is 0.929. The van der Waals surface area contributed by atoms with E-state index < -0.39 is 0 Å². The van der Waals surface area contributed by atoms with Crippen LogP contribution in [0.2, 0.25) is 0 Å². The number of esters is 1. The van der Waals surface area contributed by atoms with Gasteiger partial charge in [0, 0.05) is 19.1 Å². The van der Waals surface area contributed by atoms with E-state index in [-0.39, 0.29) is 12.0 Å². The number of rotatable bonds is 8. The van der Waals surface area contributed by atoms with Crippen molar-refractivity contribution in [2.45, 2.75) is 45.2 Å². The summed E-state index contributed by atoms with van der Waals surface area (Å²) in [6.45, 7) is 6.48. The first-order valence-electron chi connectivity index (χ1n) is 7.21. The second kappa shape index (κ2) is 6.02. The van der Waals surface area contributed by atoms with Gasteiger partial charge in [-0.2, -0.15) is 0 Å². The molecule has 0 aromatic heterocycles. The van der Waals surface area contributed by atoms with E-state index in [4.69, 9.17) is 4.74 Å². The third-order valence-corrected chi connectivity index (χ3v) is 3.90. The van der Waals surface area contributed by atoms with E-state index in [1.54, 1.807) is 0 Å². The summed E-state index contributed by atoms with van der Waals surface area (Å²) >= 11 is 0. The van der Waals surface area contributed by atoms with Crippen molar-refractivity contribution in [3.8, 4) is 0 Å². The minimum Gasteiger partial charge on any atom is -0.465 e. The third kappa shape index (κ3) is 4.25. The largest absolute Gasteiger partial charge is 0.465 e. The highest BCUT2D eigenvalue weighted by Gasteiger charge is 2.35. The van der Waals surface area contributed by atoms with Gasteiger partial charge in [0.05, 0.1) is 6.61 Å². The molecule has 2 rings (SSSR count). The molecule has 0 aliphatic heterocycles. The molecule has 3 unspecified atom stereocenters. The molecule has 2 fully saturated rings. The fourth-order valence-corrected chi connectivity index (χ4v) is 2.41. The highest BCUT2D eigenvalue weighted by atomic mass is 16.5. The Balaban J connectivity index is 1.77. The van der Waals surface area contributed by atoms with E-state index in [1.807, 2.05) is 6.92 Å². The van der Waals surface area contributed by atoms with Crippen LogP contribution >= 0.6 is 0 Å². The second-order valence-electron chi connectivity index (χ2n) is 5.94. The predicted octanol–water partition coefficient (Wildman–Crippen LogP) is 1.26. The van der Waals surface area contributed by atoms with Crippen molar-refractivity contribution < 1.29 is 9.53 Å². The zero-order chi connectivity index (χ0) is 13.1. The molecule has 0 spiro atoms. The molecule has 1 N–H and O–H groups in total. The quantitative estimate of drug-likeness (QED) is 0.662. The highest BCUT2D eigenvalue weighted by Crippen LogP contribution is 2.37. The maximum atomic E-state index is 11.9. The summed E-state index contributed by atoms with van der Waals surface area (Å²) in [5.41, 5.74) is 0. The Morgan fingerprint density at radius 3 is 2.67 bits per heavy atom. The summed E-state index contributed by atoms with van der Waals surface area (Å²) in [6, 6.07) is 0.379. The van der Waals surface area contributed by atoms with Gasteiger partial charge in [-0.1, -0.05) is 6.92 Å². The zero-order valence-corrected chi connectivity index (χ0v) is 11.8. The molecular weight excluding hydrogens is 228 g/mol. The van der Waals surface area contributed by atoms with Gasteiger partial charge in [-0.3, -0.25) is 4.79 Å². The normalized spacial score (nSPS) is 28.2. The van der Waals surface area contributed by atoms with Crippen LogP contribution in [0.25, 0.3) is 0 Å².